The van der Waals surface area contributed by atoms with Crippen LogP contribution in [0.15, 0.2) is 0 Å². The second kappa shape index (κ2) is 4.91. The van der Waals surface area contributed by atoms with E-state index in [9.17, 15) is 47.9 Å². The molecule has 1 unspecified atom stereocenters. The Morgan fingerprint density at radius 2 is 1.30 bits per heavy atom. The molecule has 0 aromatic carbocycles. The Bertz CT molecular complexity index is 454. The summed E-state index contributed by atoms with van der Waals surface area (Å²) in [7, 11) is -5.75. The van der Waals surface area contributed by atoms with E-state index >= 15 is 0 Å². The number of hydrogen-bond donors (Lipinski definition) is 1. The van der Waals surface area contributed by atoms with Gasteiger partial charge in [0.2, 0.25) is 0 Å². The maximum Gasteiger partial charge on any atom is 0.462 e. The van der Waals surface area contributed by atoms with Crippen LogP contribution in [-0.4, -0.2) is 42.5 Å². The van der Waals surface area contributed by atoms with E-state index in [1.807, 2.05) is 4.74 Å². The van der Waals surface area contributed by atoms with Crippen LogP contribution in [0.5, 0.6) is 0 Å². The second-order valence-corrected chi connectivity index (χ2v) is 5.15. The Morgan fingerprint density at radius 1 is 0.950 bits per heavy atom. The fourth-order valence-corrected chi connectivity index (χ4v) is 1.05. The maximum atomic E-state index is 12.8. The van der Waals surface area contributed by atoms with Crippen molar-refractivity contribution in [1.82, 2.24) is 0 Å². The van der Waals surface area contributed by atoms with Gasteiger partial charge in [-0.15, -0.1) is 0 Å². The van der Waals surface area contributed by atoms with Gasteiger partial charge in [-0.2, -0.15) is 47.9 Å². The van der Waals surface area contributed by atoms with Gasteiger partial charge < -0.3 is 0 Å². The normalized spacial score (nSPS) is 17.1. The standard InChI is InChI=1S/C6H5F9O4S/c1-2(20(16,17)18)3(7,8)19-6(14,15)4(9,10)5(11,12)13/h2H,1H3,(H,16,17,18). The molecule has 0 saturated heterocycles. The summed E-state index contributed by atoms with van der Waals surface area (Å²) in [5.41, 5.74) is 0. The summed E-state index contributed by atoms with van der Waals surface area (Å²) >= 11 is 0. The summed E-state index contributed by atoms with van der Waals surface area (Å²) in [5.74, 6) is -7.01. The average Bonchev–Trinajstić information content (AvgIpc) is 2.11. The van der Waals surface area contributed by atoms with Crippen molar-refractivity contribution in [3.05, 3.63) is 0 Å². The first-order valence-corrected chi connectivity index (χ1v) is 5.73. The fourth-order valence-electron chi connectivity index (χ4n) is 0.656. The molecule has 0 radical (unpaired) electrons. The molecule has 1 atom stereocenters. The molecule has 20 heavy (non-hydrogen) atoms. The quantitative estimate of drug-likeness (QED) is 0.615. The van der Waals surface area contributed by atoms with Crippen molar-refractivity contribution < 1.29 is 57.2 Å². The lowest BCUT2D eigenvalue weighted by Crippen LogP contribution is -2.57. The molecular weight excluding hydrogens is 339 g/mol. The molecule has 1 N–H and O–H groups in total. The first-order chi connectivity index (χ1) is 8.36. The molecule has 0 amide bonds. The number of hydrogen-bond acceptors (Lipinski definition) is 3. The topological polar surface area (TPSA) is 63.6 Å². The lowest BCUT2D eigenvalue weighted by Gasteiger charge is -2.31. The van der Waals surface area contributed by atoms with Gasteiger partial charge in [-0.3, -0.25) is 4.55 Å². The van der Waals surface area contributed by atoms with E-state index in [1.165, 1.54) is 0 Å². The van der Waals surface area contributed by atoms with E-state index in [2.05, 4.69) is 0 Å². The van der Waals surface area contributed by atoms with E-state index in [-0.39, 0.29) is 6.92 Å². The zero-order valence-electron chi connectivity index (χ0n) is 9.06. The molecule has 122 valence electrons. The summed E-state index contributed by atoms with van der Waals surface area (Å²) < 4.78 is 141. The zero-order chi connectivity index (χ0) is 16.8. The first kappa shape index (κ1) is 19.2. The number of alkyl halides is 9. The Balaban J connectivity index is 5.50. The Morgan fingerprint density at radius 3 is 1.55 bits per heavy atom. The van der Waals surface area contributed by atoms with Crippen LogP contribution in [0.1, 0.15) is 6.92 Å². The molecule has 0 saturated carbocycles. The van der Waals surface area contributed by atoms with Crippen molar-refractivity contribution in [2.24, 2.45) is 0 Å². The second-order valence-electron chi connectivity index (χ2n) is 3.41. The lowest BCUT2D eigenvalue weighted by molar-refractivity contribution is -0.471. The predicted molar refractivity (Wildman–Crippen MR) is 43.0 cm³/mol. The molecule has 0 aromatic rings. The van der Waals surface area contributed by atoms with Crippen LogP contribution in [0.2, 0.25) is 0 Å². The SMILES string of the molecule is CC(C(F)(F)OC(F)(F)C(F)(F)C(F)(F)F)S(=O)(=O)O. The van der Waals surface area contributed by atoms with E-state index in [1.54, 1.807) is 0 Å². The first-order valence-electron chi connectivity index (χ1n) is 4.23. The molecule has 0 fully saturated rings. The highest BCUT2D eigenvalue weighted by molar-refractivity contribution is 7.86. The third-order valence-corrected chi connectivity index (χ3v) is 3.07. The van der Waals surface area contributed by atoms with Crippen LogP contribution in [0.4, 0.5) is 39.5 Å². The Kier molecular flexibility index (Phi) is 4.72. The van der Waals surface area contributed by atoms with Crippen LogP contribution in [0, 0.1) is 0 Å². The molecule has 0 rings (SSSR count). The molecule has 14 heteroatoms. The van der Waals surface area contributed by atoms with Crippen LogP contribution in [0.25, 0.3) is 0 Å². The van der Waals surface area contributed by atoms with Gasteiger partial charge in [0.05, 0.1) is 0 Å². The summed E-state index contributed by atoms with van der Waals surface area (Å²) in [6.45, 7) is -0.142. The van der Waals surface area contributed by atoms with Crippen LogP contribution < -0.4 is 0 Å². The van der Waals surface area contributed by atoms with Gasteiger partial charge in [0.1, 0.15) is 0 Å². The third kappa shape index (κ3) is 3.66. The van der Waals surface area contributed by atoms with Crippen molar-refractivity contribution in [2.75, 3.05) is 0 Å². The Hall–Kier alpha value is -0.760. The van der Waals surface area contributed by atoms with E-state index in [0.29, 0.717) is 0 Å². The summed E-state index contributed by atoms with van der Waals surface area (Å²) in [5, 5.41) is -3.51. The molecule has 0 spiro atoms. The van der Waals surface area contributed by atoms with Crippen LogP contribution >= 0.6 is 0 Å². The molecule has 0 heterocycles. The average molecular weight is 344 g/mol. The molecule has 0 bridgehead atoms. The van der Waals surface area contributed by atoms with E-state index < -0.39 is 39.7 Å². The highest BCUT2D eigenvalue weighted by Gasteiger charge is 2.77. The minimum Gasteiger partial charge on any atom is -0.285 e. The lowest BCUT2D eigenvalue weighted by atomic mass is 10.3. The fraction of sp³-hybridized carbons (Fsp3) is 1.00. The summed E-state index contributed by atoms with van der Waals surface area (Å²) in [4.78, 5) is 0. The monoisotopic (exact) mass is 344 g/mol. The van der Waals surface area contributed by atoms with E-state index in [0.717, 1.165) is 0 Å². The number of halogens is 9. The minimum atomic E-state index is -7.01. The largest absolute Gasteiger partial charge is 0.462 e. The summed E-state index contributed by atoms with van der Waals surface area (Å²) in [6, 6.07) is 0. The van der Waals surface area contributed by atoms with Crippen molar-refractivity contribution in [1.29, 1.82) is 0 Å². The van der Waals surface area contributed by atoms with Gasteiger partial charge in [-0.1, -0.05) is 0 Å². The molecule has 0 aromatic heterocycles. The van der Waals surface area contributed by atoms with Crippen LogP contribution in [-0.2, 0) is 14.9 Å². The molecular formula is C6H5F9O4S. The predicted octanol–water partition coefficient (Wildman–Crippen LogP) is 2.66. The minimum absolute atomic E-state index is 0.142. The van der Waals surface area contributed by atoms with Gasteiger partial charge in [0.15, 0.2) is 5.25 Å². The molecule has 0 aliphatic heterocycles. The van der Waals surface area contributed by atoms with Gasteiger partial charge in [0, 0.05) is 0 Å². The number of rotatable bonds is 5. The van der Waals surface area contributed by atoms with Gasteiger partial charge in [-0.05, 0) is 6.92 Å². The highest BCUT2D eigenvalue weighted by Crippen LogP contribution is 2.49. The smallest absolute Gasteiger partial charge is 0.285 e. The number of ether oxygens (including phenoxy) is 1. The van der Waals surface area contributed by atoms with Crippen molar-refractivity contribution in [3.8, 4) is 0 Å². The third-order valence-electron chi connectivity index (χ3n) is 1.91. The van der Waals surface area contributed by atoms with Crippen molar-refractivity contribution >= 4 is 10.1 Å². The molecule has 4 nitrogen and oxygen atoms in total. The van der Waals surface area contributed by atoms with E-state index in [4.69, 9.17) is 4.55 Å². The summed E-state index contributed by atoms with van der Waals surface area (Å²) in [6.07, 6.45) is -19.4. The highest BCUT2D eigenvalue weighted by atomic mass is 32.2. The zero-order valence-corrected chi connectivity index (χ0v) is 9.88. The molecule has 0 aliphatic rings. The van der Waals surface area contributed by atoms with Crippen LogP contribution in [0.3, 0.4) is 0 Å². The maximum absolute atomic E-state index is 12.8. The van der Waals surface area contributed by atoms with Gasteiger partial charge in [0.25, 0.3) is 10.1 Å². The molecule has 0 aliphatic carbocycles. The van der Waals surface area contributed by atoms with Crippen molar-refractivity contribution in [2.45, 2.75) is 36.5 Å². The van der Waals surface area contributed by atoms with Crippen molar-refractivity contribution in [3.63, 3.8) is 0 Å². The van der Waals surface area contributed by atoms with Gasteiger partial charge >= 0.3 is 24.3 Å². The Labute approximate surface area is 105 Å². The van der Waals surface area contributed by atoms with Gasteiger partial charge in [-0.25, -0.2) is 4.74 Å².